The van der Waals surface area contributed by atoms with Gasteiger partial charge in [0.1, 0.15) is 5.75 Å². The van der Waals surface area contributed by atoms with Gasteiger partial charge in [0, 0.05) is 0 Å². The van der Waals surface area contributed by atoms with E-state index in [0.29, 0.717) is 0 Å². The Bertz CT molecular complexity index is 711. The molecule has 1 heteroatoms. The number of unbranched alkanes of at least 4 members (excludes halogenated alkanes) is 6. The summed E-state index contributed by atoms with van der Waals surface area (Å²) in [5, 5.41) is 2.67. The molecule has 0 saturated heterocycles. The molecule has 0 spiro atoms. The molecule has 1 fully saturated rings. The van der Waals surface area contributed by atoms with Crippen LogP contribution in [0.5, 0.6) is 5.75 Å². The quantitative estimate of drug-likeness (QED) is 0.326. The first kappa shape index (κ1) is 22.2. The molecule has 1 aliphatic carbocycles. The third-order valence-electron chi connectivity index (χ3n) is 6.89. The molecule has 0 aliphatic heterocycles. The zero-order valence-corrected chi connectivity index (χ0v) is 18.9. The number of rotatable bonds is 12. The van der Waals surface area contributed by atoms with Crippen LogP contribution in [0.3, 0.4) is 0 Å². The van der Waals surface area contributed by atoms with Gasteiger partial charge in [-0.3, -0.25) is 0 Å². The predicted molar refractivity (Wildman–Crippen MR) is 127 cm³/mol. The highest BCUT2D eigenvalue weighted by Crippen LogP contribution is 2.38. The first-order chi connectivity index (χ1) is 14.3. The van der Waals surface area contributed by atoms with E-state index in [0.717, 1.165) is 30.6 Å². The summed E-state index contributed by atoms with van der Waals surface area (Å²) in [7, 11) is 0. The van der Waals surface area contributed by atoms with Crippen LogP contribution in [0.15, 0.2) is 36.4 Å². The summed E-state index contributed by atoms with van der Waals surface area (Å²) >= 11 is 0. The molecule has 29 heavy (non-hydrogen) atoms. The molecule has 2 aromatic carbocycles. The number of benzene rings is 2. The van der Waals surface area contributed by atoms with Crippen molar-refractivity contribution >= 4 is 10.8 Å². The number of fused-ring (bicyclic) bond motifs is 1. The molecule has 160 valence electrons. The summed E-state index contributed by atoms with van der Waals surface area (Å²) in [6.45, 7) is 5.39. The zero-order chi connectivity index (χ0) is 20.3. The molecule has 1 saturated carbocycles. The van der Waals surface area contributed by atoms with Crippen LogP contribution < -0.4 is 4.74 Å². The maximum Gasteiger partial charge on any atom is 0.119 e. The minimum Gasteiger partial charge on any atom is -0.494 e. The van der Waals surface area contributed by atoms with Crippen molar-refractivity contribution in [1.29, 1.82) is 0 Å². The lowest BCUT2D eigenvalue weighted by molar-refractivity contribution is 0.302. The molecule has 0 N–H and O–H groups in total. The van der Waals surface area contributed by atoms with Crippen molar-refractivity contribution in [2.75, 3.05) is 6.61 Å². The lowest BCUT2D eigenvalue weighted by Gasteiger charge is -2.29. The fraction of sp³-hybridized carbons (Fsp3) is 0.643. The van der Waals surface area contributed by atoms with Crippen molar-refractivity contribution < 1.29 is 4.74 Å². The monoisotopic (exact) mass is 394 g/mol. The van der Waals surface area contributed by atoms with Crippen LogP contribution in [0.1, 0.15) is 109 Å². The fourth-order valence-corrected chi connectivity index (χ4v) is 4.95. The van der Waals surface area contributed by atoms with Crippen molar-refractivity contribution in [1.82, 2.24) is 0 Å². The molecule has 0 radical (unpaired) electrons. The topological polar surface area (TPSA) is 9.23 Å². The van der Waals surface area contributed by atoms with Crippen LogP contribution in [0.25, 0.3) is 10.8 Å². The Balaban J connectivity index is 1.49. The highest BCUT2D eigenvalue weighted by atomic mass is 16.5. The molecule has 0 unspecified atom stereocenters. The number of ether oxygens (including phenoxy) is 1. The van der Waals surface area contributed by atoms with Gasteiger partial charge in [0.05, 0.1) is 6.61 Å². The van der Waals surface area contributed by atoms with E-state index in [4.69, 9.17) is 4.74 Å². The minimum absolute atomic E-state index is 0.765. The van der Waals surface area contributed by atoms with Crippen molar-refractivity contribution in [2.45, 2.75) is 103 Å². The predicted octanol–water partition coefficient (Wildman–Crippen LogP) is 9.04. The van der Waals surface area contributed by atoms with Gasteiger partial charge in [0.15, 0.2) is 0 Å². The van der Waals surface area contributed by atoms with E-state index < -0.39 is 0 Å². The van der Waals surface area contributed by atoms with Crippen LogP contribution >= 0.6 is 0 Å². The van der Waals surface area contributed by atoms with E-state index in [1.54, 1.807) is 5.56 Å². The lowest BCUT2D eigenvalue weighted by atomic mass is 9.77. The van der Waals surface area contributed by atoms with Crippen LogP contribution in [-0.4, -0.2) is 6.61 Å². The van der Waals surface area contributed by atoms with Gasteiger partial charge in [-0.2, -0.15) is 0 Å². The summed E-state index contributed by atoms with van der Waals surface area (Å²) in [6, 6.07) is 13.7. The highest BCUT2D eigenvalue weighted by Gasteiger charge is 2.22. The molecule has 0 aromatic heterocycles. The van der Waals surface area contributed by atoms with E-state index in [9.17, 15) is 0 Å². The molecular formula is C28H42O. The van der Waals surface area contributed by atoms with Gasteiger partial charge < -0.3 is 4.74 Å². The van der Waals surface area contributed by atoms with Gasteiger partial charge in [0.25, 0.3) is 0 Å². The van der Waals surface area contributed by atoms with Crippen LogP contribution in [0.4, 0.5) is 0 Å². The van der Waals surface area contributed by atoms with Gasteiger partial charge in [-0.15, -0.1) is 0 Å². The molecule has 0 heterocycles. The summed E-state index contributed by atoms with van der Waals surface area (Å²) in [5.41, 5.74) is 1.55. The van der Waals surface area contributed by atoms with Gasteiger partial charge in [-0.25, -0.2) is 0 Å². The second-order valence-corrected chi connectivity index (χ2v) is 9.24. The Kier molecular flexibility index (Phi) is 9.38. The van der Waals surface area contributed by atoms with Gasteiger partial charge >= 0.3 is 0 Å². The average molecular weight is 395 g/mol. The van der Waals surface area contributed by atoms with Crippen LogP contribution in [0, 0.1) is 5.92 Å². The van der Waals surface area contributed by atoms with Crippen LogP contribution in [-0.2, 0) is 0 Å². The smallest absolute Gasteiger partial charge is 0.119 e. The molecule has 1 aliphatic rings. The van der Waals surface area contributed by atoms with E-state index in [1.165, 1.54) is 87.8 Å². The second kappa shape index (κ2) is 12.3. The largest absolute Gasteiger partial charge is 0.494 e. The second-order valence-electron chi connectivity index (χ2n) is 9.24. The van der Waals surface area contributed by atoms with Crippen molar-refractivity contribution in [3.63, 3.8) is 0 Å². The molecule has 0 bridgehead atoms. The summed E-state index contributed by atoms with van der Waals surface area (Å²) < 4.78 is 5.97. The molecule has 0 atom stereocenters. The SMILES string of the molecule is CCCCCCOc1ccc2cc([C@H]3CC[C@H](CCCCCC)CC3)ccc2c1. The van der Waals surface area contributed by atoms with Gasteiger partial charge in [-0.05, 0) is 72.4 Å². The van der Waals surface area contributed by atoms with Crippen molar-refractivity contribution in [3.05, 3.63) is 42.0 Å². The maximum atomic E-state index is 5.97. The third-order valence-corrected chi connectivity index (χ3v) is 6.89. The summed E-state index contributed by atoms with van der Waals surface area (Å²) in [4.78, 5) is 0. The van der Waals surface area contributed by atoms with E-state index in [2.05, 4.69) is 50.2 Å². The molecule has 0 amide bonds. The van der Waals surface area contributed by atoms with Gasteiger partial charge in [0.2, 0.25) is 0 Å². The average Bonchev–Trinajstić information content (AvgIpc) is 2.76. The minimum atomic E-state index is 0.765. The Labute approximate surface area is 179 Å². The first-order valence-corrected chi connectivity index (χ1v) is 12.5. The molecular weight excluding hydrogens is 352 g/mol. The van der Waals surface area contributed by atoms with E-state index in [-0.39, 0.29) is 0 Å². The Morgan fingerprint density at radius 3 is 2.17 bits per heavy atom. The Morgan fingerprint density at radius 1 is 0.724 bits per heavy atom. The lowest BCUT2D eigenvalue weighted by Crippen LogP contribution is -2.13. The number of hydrogen-bond donors (Lipinski definition) is 0. The summed E-state index contributed by atoms with van der Waals surface area (Å²) in [6.07, 6.45) is 17.7. The van der Waals surface area contributed by atoms with Crippen molar-refractivity contribution in [3.8, 4) is 5.75 Å². The number of hydrogen-bond acceptors (Lipinski definition) is 1. The third kappa shape index (κ3) is 7.05. The van der Waals surface area contributed by atoms with E-state index in [1.807, 2.05) is 0 Å². The molecule has 3 rings (SSSR count). The van der Waals surface area contributed by atoms with Gasteiger partial charge in [-0.1, -0.05) is 89.5 Å². The standard InChI is InChI=1S/C28H42O/c1-3-5-7-9-11-23-12-14-24(15-13-23)25-16-17-27-22-28(19-18-26(27)21-25)29-20-10-8-6-4-2/h16-19,21-24H,3-15,20H2,1-2H3/t23-,24-. The normalized spacial score (nSPS) is 19.5. The first-order valence-electron chi connectivity index (χ1n) is 12.5. The molecule has 2 aromatic rings. The zero-order valence-electron chi connectivity index (χ0n) is 18.9. The molecule has 1 nitrogen and oxygen atoms in total. The van der Waals surface area contributed by atoms with Crippen LogP contribution in [0.2, 0.25) is 0 Å². The Hall–Kier alpha value is -1.50. The maximum absolute atomic E-state index is 5.97. The Morgan fingerprint density at radius 2 is 1.41 bits per heavy atom. The van der Waals surface area contributed by atoms with Crippen molar-refractivity contribution in [2.24, 2.45) is 5.92 Å². The summed E-state index contributed by atoms with van der Waals surface area (Å²) in [5.74, 6) is 2.77. The highest BCUT2D eigenvalue weighted by molar-refractivity contribution is 5.84. The van der Waals surface area contributed by atoms with E-state index >= 15 is 0 Å². The fourth-order valence-electron chi connectivity index (χ4n) is 4.95.